The summed E-state index contributed by atoms with van der Waals surface area (Å²) in [7, 11) is 0. The van der Waals surface area contributed by atoms with E-state index in [1.165, 1.54) is 24.3 Å². The zero-order valence-electron chi connectivity index (χ0n) is 16.1. The number of nitrogens with one attached hydrogen (secondary N) is 1. The van der Waals surface area contributed by atoms with Crippen molar-refractivity contribution in [3.63, 3.8) is 0 Å². The maximum atomic E-state index is 13.7. The van der Waals surface area contributed by atoms with E-state index in [2.05, 4.69) is 15.3 Å². The molecule has 0 aliphatic carbocycles. The van der Waals surface area contributed by atoms with E-state index in [1.807, 2.05) is 13.8 Å². The minimum atomic E-state index is -4.76. The Hall–Kier alpha value is -2.10. The molecule has 0 atom stereocenters. The van der Waals surface area contributed by atoms with E-state index in [1.54, 1.807) is 0 Å². The average molecular weight is 431 g/mol. The van der Waals surface area contributed by atoms with Gasteiger partial charge in [0.1, 0.15) is 0 Å². The number of rotatable bonds is 5. The molecule has 0 spiro atoms. The molecule has 1 amide bonds. The molecule has 1 fully saturated rings. The maximum absolute atomic E-state index is 13.7. The van der Waals surface area contributed by atoms with Crippen molar-refractivity contribution in [1.82, 2.24) is 20.0 Å². The Morgan fingerprint density at radius 3 is 2.41 bits per heavy atom. The first-order valence-electron chi connectivity index (χ1n) is 9.12. The van der Waals surface area contributed by atoms with Crippen molar-refractivity contribution in [2.75, 3.05) is 32.8 Å². The summed E-state index contributed by atoms with van der Waals surface area (Å²) < 4.78 is 47.3. The Morgan fingerprint density at radius 2 is 1.83 bits per heavy atom. The van der Waals surface area contributed by atoms with Crippen LogP contribution in [0.2, 0.25) is 5.02 Å². The Morgan fingerprint density at radius 1 is 1.21 bits per heavy atom. The van der Waals surface area contributed by atoms with Crippen LogP contribution in [0.3, 0.4) is 0 Å². The van der Waals surface area contributed by atoms with Gasteiger partial charge in [0.05, 0.1) is 30.7 Å². The smallest absolute Gasteiger partial charge is 0.379 e. The standard InChI is InChI=1S/C19H22ClF3N4O2/c1-18(2,26-7-9-29-10-8-26)12-24-17(28)15-11-25-27(16(15)19(21,22)23)14-5-3-13(20)4-6-14/h3-6,11H,7-10,12H2,1-2H3,(H,24,28). The summed E-state index contributed by atoms with van der Waals surface area (Å²) in [5, 5.41) is 6.82. The van der Waals surface area contributed by atoms with Crippen molar-refractivity contribution in [1.29, 1.82) is 0 Å². The Bertz CT molecular complexity index is 859. The fourth-order valence-corrected chi connectivity index (χ4v) is 3.36. The SMILES string of the molecule is CC(C)(CNC(=O)c1cnn(-c2ccc(Cl)cc2)c1C(F)(F)F)N1CCOCC1. The predicted molar refractivity (Wildman–Crippen MR) is 102 cm³/mol. The van der Waals surface area contributed by atoms with Crippen LogP contribution in [0.4, 0.5) is 13.2 Å². The largest absolute Gasteiger partial charge is 0.434 e. The molecule has 0 bridgehead atoms. The average Bonchev–Trinajstić information content (AvgIpc) is 3.13. The third-order valence-electron chi connectivity index (χ3n) is 4.90. The number of amides is 1. The van der Waals surface area contributed by atoms with Gasteiger partial charge >= 0.3 is 6.18 Å². The van der Waals surface area contributed by atoms with Crippen molar-refractivity contribution < 1.29 is 22.7 Å². The molecule has 158 valence electrons. The molecular weight excluding hydrogens is 409 g/mol. The lowest BCUT2D eigenvalue weighted by atomic mass is 10.0. The van der Waals surface area contributed by atoms with Crippen LogP contribution in [0.1, 0.15) is 29.9 Å². The van der Waals surface area contributed by atoms with Crippen molar-refractivity contribution in [2.45, 2.75) is 25.6 Å². The van der Waals surface area contributed by atoms with Crippen LogP contribution in [-0.4, -0.2) is 59.0 Å². The van der Waals surface area contributed by atoms with E-state index in [0.717, 1.165) is 6.20 Å². The van der Waals surface area contributed by atoms with Crippen molar-refractivity contribution in [2.24, 2.45) is 0 Å². The molecule has 0 saturated carbocycles. The summed E-state index contributed by atoms with van der Waals surface area (Å²) in [5.74, 6) is -0.820. The molecule has 1 saturated heterocycles. The van der Waals surface area contributed by atoms with Crippen LogP contribution in [0, 0.1) is 0 Å². The third-order valence-corrected chi connectivity index (χ3v) is 5.15. The molecule has 1 N–H and O–H groups in total. The normalized spacial score (nSPS) is 16.1. The lowest BCUT2D eigenvalue weighted by Crippen LogP contribution is -2.55. The van der Waals surface area contributed by atoms with Gasteiger partial charge in [-0.05, 0) is 38.1 Å². The van der Waals surface area contributed by atoms with Gasteiger partial charge in [0.2, 0.25) is 0 Å². The predicted octanol–water partition coefficient (Wildman–Crippen LogP) is 3.39. The van der Waals surface area contributed by atoms with Gasteiger partial charge in [-0.3, -0.25) is 9.69 Å². The molecule has 3 rings (SSSR count). The molecule has 2 aromatic rings. The van der Waals surface area contributed by atoms with Crippen LogP contribution in [0.5, 0.6) is 0 Å². The fraction of sp³-hybridized carbons (Fsp3) is 0.474. The number of alkyl halides is 3. The number of ether oxygens (including phenoxy) is 1. The molecule has 0 unspecified atom stereocenters. The number of halogens is 4. The summed E-state index contributed by atoms with van der Waals surface area (Å²) >= 11 is 5.80. The molecular formula is C19H22ClF3N4O2. The van der Waals surface area contributed by atoms with Crippen molar-refractivity contribution in [3.05, 3.63) is 46.7 Å². The molecule has 1 aromatic heterocycles. The highest BCUT2D eigenvalue weighted by atomic mass is 35.5. The summed E-state index contributed by atoms with van der Waals surface area (Å²) in [5.41, 5.74) is -1.91. The van der Waals surface area contributed by atoms with Gasteiger partial charge in [0.25, 0.3) is 5.91 Å². The molecule has 6 nitrogen and oxygen atoms in total. The molecule has 10 heteroatoms. The number of carbonyl (C=O) groups excluding carboxylic acids is 1. The minimum absolute atomic E-state index is 0.162. The fourth-order valence-electron chi connectivity index (χ4n) is 3.24. The molecule has 1 aromatic carbocycles. The Kier molecular flexibility index (Phi) is 6.21. The number of morpholine rings is 1. The van der Waals surface area contributed by atoms with Crippen molar-refractivity contribution >= 4 is 17.5 Å². The molecule has 1 aliphatic heterocycles. The zero-order chi connectivity index (χ0) is 21.2. The number of hydrogen-bond donors (Lipinski definition) is 1. The van der Waals surface area contributed by atoms with Crippen LogP contribution in [-0.2, 0) is 10.9 Å². The van der Waals surface area contributed by atoms with Gasteiger partial charge in [-0.1, -0.05) is 11.6 Å². The Labute approximate surface area is 171 Å². The highest BCUT2D eigenvalue weighted by molar-refractivity contribution is 6.30. The topological polar surface area (TPSA) is 59.4 Å². The first-order chi connectivity index (χ1) is 13.6. The molecule has 2 heterocycles. The van der Waals surface area contributed by atoms with Gasteiger partial charge in [0.15, 0.2) is 5.69 Å². The summed E-state index contributed by atoms with van der Waals surface area (Å²) in [6.45, 7) is 6.62. The lowest BCUT2D eigenvalue weighted by Gasteiger charge is -2.40. The van der Waals surface area contributed by atoms with Gasteiger partial charge < -0.3 is 10.1 Å². The second-order valence-electron chi connectivity index (χ2n) is 7.39. The second-order valence-corrected chi connectivity index (χ2v) is 7.82. The van der Waals surface area contributed by atoms with Crippen LogP contribution in [0.25, 0.3) is 5.69 Å². The maximum Gasteiger partial charge on any atom is 0.434 e. The summed E-state index contributed by atoms with van der Waals surface area (Å²) in [4.78, 5) is 14.7. The highest BCUT2D eigenvalue weighted by Crippen LogP contribution is 2.34. The summed E-state index contributed by atoms with van der Waals surface area (Å²) in [6.07, 6.45) is -3.82. The number of aromatic nitrogens is 2. The molecule has 0 radical (unpaired) electrons. The van der Waals surface area contributed by atoms with E-state index in [-0.39, 0.29) is 12.2 Å². The van der Waals surface area contributed by atoms with Crippen LogP contribution < -0.4 is 5.32 Å². The van der Waals surface area contributed by atoms with Crippen LogP contribution in [0.15, 0.2) is 30.5 Å². The molecule has 29 heavy (non-hydrogen) atoms. The number of carbonyl (C=O) groups is 1. The first-order valence-corrected chi connectivity index (χ1v) is 9.49. The van der Waals surface area contributed by atoms with Gasteiger partial charge in [-0.25, -0.2) is 4.68 Å². The number of benzene rings is 1. The quantitative estimate of drug-likeness (QED) is 0.790. The van der Waals surface area contributed by atoms with Crippen molar-refractivity contribution in [3.8, 4) is 5.69 Å². The van der Waals surface area contributed by atoms with E-state index >= 15 is 0 Å². The Balaban J connectivity index is 1.82. The monoisotopic (exact) mass is 430 g/mol. The van der Waals surface area contributed by atoms with E-state index in [9.17, 15) is 18.0 Å². The third kappa shape index (κ3) is 4.91. The number of hydrogen-bond acceptors (Lipinski definition) is 4. The highest BCUT2D eigenvalue weighted by Gasteiger charge is 2.41. The molecule has 1 aliphatic rings. The summed E-state index contributed by atoms with van der Waals surface area (Å²) in [6, 6.07) is 5.74. The second kappa shape index (κ2) is 8.33. The van der Waals surface area contributed by atoms with Crippen LogP contribution >= 0.6 is 11.6 Å². The number of nitrogens with zero attached hydrogens (tertiary/aromatic N) is 3. The van der Waals surface area contributed by atoms with E-state index in [4.69, 9.17) is 16.3 Å². The van der Waals surface area contributed by atoms with E-state index in [0.29, 0.717) is 36.0 Å². The first kappa shape index (κ1) is 21.6. The van der Waals surface area contributed by atoms with Gasteiger partial charge in [-0.15, -0.1) is 0 Å². The van der Waals surface area contributed by atoms with Gasteiger partial charge in [0, 0.05) is 30.2 Å². The zero-order valence-corrected chi connectivity index (χ0v) is 16.8. The minimum Gasteiger partial charge on any atom is -0.379 e. The lowest BCUT2D eigenvalue weighted by molar-refractivity contribution is -0.143. The van der Waals surface area contributed by atoms with E-state index < -0.39 is 28.9 Å². The van der Waals surface area contributed by atoms with Gasteiger partial charge in [-0.2, -0.15) is 18.3 Å².